The fraction of sp³-hybridized carbons (Fsp3) is 0.533. The first kappa shape index (κ1) is 16.7. The normalized spacial score (nSPS) is 13.6. The van der Waals surface area contributed by atoms with Gasteiger partial charge in [-0.1, -0.05) is 0 Å². The summed E-state index contributed by atoms with van der Waals surface area (Å²) in [5.74, 6) is 0.533. The second-order valence-corrected chi connectivity index (χ2v) is 6.56. The second kappa shape index (κ2) is 8.04. The number of amides is 1. The van der Waals surface area contributed by atoms with Gasteiger partial charge in [0.05, 0.1) is 0 Å². The number of nitrogens with one attached hydrogen (secondary N) is 2. The van der Waals surface area contributed by atoms with Gasteiger partial charge in [0.25, 0.3) is 5.91 Å². The molecule has 112 valence electrons. The maximum absolute atomic E-state index is 12.1. The molecule has 0 aliphatic carbocycles. The zero-order chi connectivity index (χ0) is 15.1. The number of carbonyl (C=O) groups is 1. The Morgan fingerprint density at radius 3 is 2.65 bits per heavy atom. The number of aryl methyl sites for hydroxylation is 1. The van der Waals surface area contributed by atoms with Crippen LogP contribution in [0.4, 0.5) is 5.69 Å². The number of hydrogen-bond acceptors (Lipinski definition) is 3. The summed E-state index contributed by atoms with van der Waals surface area (Å²) < 4.78 is 11.0. The number of hydrogen-bond donors (Lipinski definition) is 2. The molecule has 0 saturated heterocycles. The number of rotatable bonds is 7. The number of carbonyl (C=O) groups excluding carboxylic acids is 1. The molecule has 4 nitrogen and oxygen atoms in total. The van der Waals surface area contributed by atoms with E-state index in [0.717, 1.165) is 24.2 Å². The third-order valence-electron chi connectivity index (χ3n) is 3.07. The third-order valence-corrected chi connectivity index (χ3v) is 3.88. The van der Waals surface area contributed by atoms with E-state index in [2.05, 4.69) is 10.6 Å². The van der Waals surface area contributed by atoms with Crippen LogP contribution in [0.1, 0.15) is 36.2 Å². The van der Waals surface area contributed by atoms with E-state index >= 15 is 0 Å². The minimum Gasteiger partial charge on any atom is -0.385 e. The van der Waals surface area contributed by atoms with E-state index in [-0.39, 0.29) is 11.9 Å². The van der Waals surface area contributed by atoms with Crippen LogP contribution in [0, 0.1) is 6.92 Å². The lowest BCUT2D eigenvalue weighted by molar-refractivity contribution is 0.0939. The third kappa shape index (κ3) is 5.33. The van der Waals surface area contributed by atoms with E-state index in [1.807, 2.05) is 39.0 Å². The molecule has 1 amide bonds. The van der Waals surface area contributed by atoms with Gasteiger partial charge < -0.3 is 10.6 Å². The molecule has 2 N–H and O–H groups in total. The van der Waals surface area contributed by atoms with Gasteiger partial charge in [-0.15, -0.1) is 0 Å². The molecule has 1 aromatic carbocycles. The molecular weight excluding hydrogens is 272 g/mol. The van der Waals surface area contributed by atoms with E-state index in [4.69, 9.17) is 0 Å². The summed E-state index contributed by atoms with van der Waals surface area (Å²) in [6, 6.07) is 5.67. The molecule has 5 heteroatoms. The van der Waals surface area contributed by atoms with Gasteiger partial charge >= 0.3 is 0 Å². The largest absolute Gasteiger partial charge is 0.385 e. The lowest BCUT2D eigenvalue weighted by atomic mass is 10.1. The van der Waals surface area contributed by atoms with Gasteiger partial charge in [-0.25, -0.2) is 0 Å². The Balaban J connectivity index is 2.63. The number of anilines is 1. The van der Waals surface area contributed by atoms with Gasteiger partial charge in [0.15, 0.2) is 0 Å². The first-order valence-corrected chi connectivity index (χ1v) is 8.62. The predicted octanol–water partition coefficient (Wildman–Crippen LogP) is 2.31. The number of benzene rings is 1. The van der Waals surface area contributed by atoms with Crippen molar-refractivity contribution < 1.29 is 9.00 Å². The fourth-order valence-electron chi connectivity index (χ4n) is 1.92. The monoisotopic (exact) mass is 296 g/mol. The Hall–Kier alpha value is -1.36. The Morgan fingerprint density at radius 1 is 1.40 bits per heavy atom. The highest BCUT2D eigenvalue weighted by atomic mass is 32.2. The van der Waals surface area contributed by atoms with Gasteiger partial charge in [-0.05, 0) is 51.0 Å². The Morgan fingerprint density at radius 2 is 2.10 bits per heavy atom. The van der Waals surface area contributed by atoms with Crippen molar-refractivity contribution in [1.29, 1.82) is 0 Å². The standard InChI is InChI=1S/C15H24N2O2S/c1-5-16-14-7-6-13(10-11(14)2)15(18)17-12(3)8-9-20(4)19/h6-7,10,12,16H,5,8-9H2,1-4H3,(H,17,18). The Labute approximate surface area is 123 Å². The van der Waals surface area contributed by atoms with E-state index in [9.17, 15) is 9.00 Å². The summed E-state index contributed by atoms with van der Waals surface area (Å²) in [7, 11) is -0.814. The van der Waals surface area contributed by atoms with Crippen molar-refractivity contribution in [3.05, 3.63) is 29.3 Å². The van der Waals surface area contributed by atoms with Crippen molar-refractivity contribution in [3.63, 3.8) is 0 Å². The van der Waals surface area contributed by atoms with Crippen molar-refractivity contribution >= 4 is 22.4 Å². The highest BCUT2D eigenvalue weighted by Gasteiger charge is 2.11. The molecular formula is C15H24N2O2S. The molecule has 0 bridgehead atoms. The van der Waals surface area contributed by atoms with Crippen LogP contribution < -0.4 is 10.6 Å². The van der Waals surface area contributed by atoms with Crippen LogP contribution in [0.3, 0.4) is 0 Å². The van der Waals surface area contributed by atoms with Crippen LogP contribution in [0.15, 0.2) is 18.2 Å². The SMILES string of the molecule is CCNc1ccc(C(=O)NC(C)CCS(C)=O)cc1C. The van der Waals surface area contributed by atoms with Crippen molar-refractivity contribution in [3.8, 4) is 0 Å². The second-order valence-electron chi connectivity index (χ2n) is 5.00. The summed E-state index contributed by atoms with van der Waals surface area (Å²) in [5.41, 5.74) is 2.77. The van der Waals surface area contributed by atoms with Gasteiger partial charge in [-0.2, -0.15) is 0 Å². The zero-order valence-corrected chi connectivity index (χ0v) is 13.5. The molecule has 0 radical (unpaired) electrons. The molecule has 0 aromatic heterocycles. The molecule has 1 rings (SSSR count). The van der Waals surface area contributed by atoms with Crippen molar-refractivity contribution in [2.75, 3.05) is 23.9 Å². The van der Waals surface area contributed by atoms with E-state index in [1.54, 1.807) is 6.26 Å². The van der Waals surface area contributed by atoms with Gasteiger partial charge in [0, 0.05) is 46.6 Å². The van der Waals surface area contributed by atoms with Crippen LogP contribution in [-0.4, -0.2) is 34.7 Å². The molecule has 0 aliphatic rings. The molecule has 0 spiro atoms. The molecule has 2 atom stereocenters. The van der Waals surface area contributed by atoms with E-state index in [0.29, 0.717) is 11.3 Å². The van der Waals surface area contributed by atoms with Gasteiger partial charge in [0.1, 0.15) is 0 Å². The first-order chi connectivity index (χ1) is 9.43. The minimum atomic E-state index is -0.814. The van der Waals surface area contributed by atoms with Gasteiger partial charge in [0.2, 0.25) is 0 Å². The Kier molecular flexibility index (Phi) is 6.71. The van der Waals surface area contributed by atoms with E-state index in [1.165, 1.54) is 0 Å². The van der Waals surface area contributed by atoms with Crippen LogP contribution in [-0.2, 0) is 10.8 Å². The van der Waals surface area contributed by atoms with Crippen LogP contribution in [0.2, 0.25) is 0 Å². The molecule has 20 heavy (non-hydrogen) atoms. The summed E-state index contributed by atoms with van der Waals surface area (Å²) in [4.78, 5) is 12.1. The fourth-order valence-corrected chi connectivity index (χ4v) is 2.60. The summed E-state index contributed by atoms with van der Waals surface area (Å²) in [6.45, 7) is 6.82. The van der Waals surface area contributed by atoms with E-state index < -0.39 is 10.8 Å². The Bertz CT molecular complexity index is 489. The smallest absolute Gasteiger partial charge is 0.251 e. The maximum Gasteiger partial charge on any atom is 0.251 e. The molecule has 1 aromatic rings. The van der Waals surface area contributed by atoms with Crippen LogP contribution in [0.25, 0.3) is 0 Å². The molecule has 0 saturated carbocycles. The quantitative estimate of drug-likeness (QED) is 0.812. The minimum absolute atomic E-state index is 0.0279. The molecule has 0 aliphatic heterocycles. The zero-order valence-electron chi connectivity index (χ0n) is 12.7. The van der Waals surface area contributed by atoms with Crippen molar-refractivity contribution in [1.82, 2.24) is 5.32 Å². The average Bonchev–Trinajstić information content (AvgIpc) is 2.39. The van der Waals surface area contributed by atoms with Crippen molar-refractivity contribution in [2.24, 2.45) is 0 Å². The van der Waals surface area contributed by atoms with Crippen LogP contribution in [0.5, 0.6) is 0 Å². The maximum atomic E-state index is 12.1. The molecule has 2 unspecified atom stereocenters. The highest BCUT2D eigenvalue weighted by molar-refractivity contribution is 7.84. The average molecular weight is 296 g/mol. The summed E-state index contributed by atoms with van der Waals surface area (Å²) in [6.07, 6.45) is 2.40. The van der Waals surface area contributed by atoms with Crippen molar-refractivity contribution in [2.45, 2.75) is 33.2 Å². The lowest BCUT2D eigenvalue weighted by Gasteiger charge is -2.14. The molecule has 0 heterocycles. The molecule has 0 fully saturated rings. The van der Waals surface area contributed by atoms with Gasteiger partial charge in [-0.3, -0.25) is 9.00 Å². The summed E-state index contributed by atoms with van der Waals surface area (Å²) in [5, 5.41) is 6.19. The first-order valence-electron chi connectivity index (χ1n) is 6.89. The summed E-state index contributed by atoms with van der Waals surface area (Å²) >= 11 is 0. The lowest BCUT2D eigenvalue weighted by Crippen LogP contribution is -2.33. The topological polar surface area (TPSA) is 58.2 Å². The van der Waals surface area contributed by atoms with Crippen LogP contribution >= 0.6 is 0 Å². The predicted molar refractivity (Wildman–Crippen MR) is 85.8 cm³/mol. The highest BCUT2D eigenvalue weighted by Crippen LogP contribution is 2.16.